The topological polar surface area (TPSA) is 66.0 Å². The Morgan fingerprint density at radius 3 is 2.80 bits per heavy atom. The van der Waals surface area contributed by atoms with Gasteiger partial charge in [-0.15, -0.1) is 0 Å². The van der Waals surface area contributed by atoms with Crippen molar-refractivity contribution in [1.82, 2.24) is 15.5 Å². The number of likely N-dealkylation sites (tertiary alicyclic amines) is 1. The van der Waals surface area contributed by atoms with E-state index in [9.17, 15) is 4.79 Å². The molecule has 1 aromatic carbocycles. The molecule has 2 N–H and O–H groups in total. The van der Waals surface area contributed by atoms with Crippen LogP contribution in [-0.2, 0) is 4.79 Å². The third kappa shape index (κ3) is 6.29. The fourth-order valence-electron chi connectivity index (χ4n) is 2.83. The molecule has 0 aliphatic carbocycles. The van der Waals surface area contributed by atoms with Gasteiger partial charge < -0.3 is 20.3 Å². The molecule has 6 nitrogen and oxygen atoms in total. The second kappa shape index (κ2) is 9.91. The van der Waals surface area contributed by atoms with Gasteiger partial charge in [0, 0.05) is 32.1 Å². The molecule has 1 fully saturated rings. The molecule has 2 unspecified atom stereocenters. The molecule has 0 spiro atoms. The zero-order valence-corrected chi connectivity index (χ0v) is 15.5. The first-order valence-corrected chi connectivity index (χ1v) is 9.16. The average molecular weight is 346 g/mol. The quantitative estimate of drug-likeness (QED) is 0.586. The predicted octanol–water partition coefficient (Wildman–Crippen LogP) is 2.02. The van der Waals surface area contributed by atoms with Crippen LogP contribution >= 0.6 is 0 Å². The molecular formula is C19H30N4O2. The van der Waals surface area contributed by atoms with E-state index in [0.29, 0.717) is 13.0 Å². The lowest BCUT2D eigenvalue weighted by atomic mass is 10.3. The highest BCUT2D eigenvalue weighted by Gasteiger charge is 2.25. The lowest BCUT2D eigenvalue weighted by Gasteiger charge is -2.19. The van der Waals surface area contributed by atoms with Gasteiger partial charge in [-0.05, 0) is 32.4 Å². The third-order valence-electron chi connectivity index (χ3n) is 4.12. The van der Waals surface area contributed by atoms with Crippen molar-refractivity contribution in [2.75, 3.05) is 26.2 Å². The number of benzene rings is 1. The molecular weight excluding hydrogens is 316 g/mol. The minimum atomic E-state index is -0.0143. The molecule has 1 aliphatic rings. The summed E-state index contributed by atoms with van der Waals surface area (Å²) in [4.78, 5) is 18.3. The van der Waals surface area contributed by atoms with Gasteiger partial charge in [0.2, 0.25) is 5.91 Å². The summed E-state index contributed by atoms with van der Waals surface area (Å²) < 4.78 is 5.86. The summed E-state index contributed by atoms with van der Waals surface area (Å²) in [5.74, 6) is 1.85. The van der Waals surface area contributed by atoms with E-state index in [2.05, 4.69) is 15.6 Å². The number of carbonyl (C=O) groups excluding carboxylic acids is 1. The Hall–Kier alpha value is -2.24. The van der Waals surface area contributed by atoms with E-state index in [4.69, 9.17) is 4.74 Å². The van der Waals surface area contributed by atoms with Crippen LogP contribution in [0.2, 0.25) is 0 Å². The molecule has 2 atom stereocenters. The zero-order valence-electron chi connectivity index (χ0n) is 15.5. The van der Waals surface area contributed by atoms with Gasteiger partial charge in [0.25, 0.3) is 0 Å². The number of guanidine groups is 1. The molecule has 0 saturated carbocycles. The van der Waals surface area contributed by atoms with Gasteiger partial charge in [0.05, 0.1) is 6.54 Å². The number of rotatable bonds is 7. The van der Waals surface area contributed by atoms with Crippen LogP contribution in [0.3, 0.4) is 0 Å². The van der Waals surface area contributed by atoms with E-state index in [0.717, 1.165) is 37.8 Å². The fourth-order valence-corrected chi connectivity index (χ4v) is 2.83. The van der Waals surface area contributed by atoms with Gasteiger partial charge in [-0.2, -0.15) is 0 Å². The monoisotopic (exact) mass is 346 g/mol. The van der Waals surface area contributed by atoms with Crippen LogP contribution in [0.25, 0.3) is 0 Å². The summed E-state index contributed by atoms with van der Waals surface area (Å²) in [6.45, 7) is 8.88. The molecule has 138 valence electrons. The smallest absolute Gasteiger partial charge is 0.222 e. The van der Waals surface area contributed by atoms with Gasteiger partial charge in [-0.1, -0.05) is 25.1 Å². The summed E-state index contributed by atoms with van der Waals surface area (Å²) in [5, 5.41) is 6.70. The van der Waals surface area contributed by atoms with E-state index in [1.807, 2.05) is 56.0 Å². The van der Waals surface area contributed by atoms with Crippen molar-refractivity contribution < 1.29 is 9.53 Å². The number of carbonyl (C=O) groups is 1. The van der Waals surface area contributed by atoms with E-state index < -0.39 is 0 Å². The number of ether oxygens (including phenoxy) is 1. The van der Waals surface area contributed by atoms with Crippen LogP contribution in [-0.4, -0.2) is 55.1 Å². The molecule has 25 heavy (non-hydrogen) atoms. The summed E-state index contributed by atoms with van der Waals surface area (Å²) in [6, 6.07) is 10.0. The maximum absolute atomic E-state index is 11.8. The largest absolute Gasteiger partial charge is 0.489 e. The number of amides is 1. The minimum absolute atomic E-state index is 0.0143. The Kier molecular flexibility index (Phi) is 7.57. The Bertz CT molecular complexity index is 562. The van der Waals surface area contributed by atoms with E-state index in [1.54, 1.807) is 0 Å². The van der Waals surface area contributed by atoms with Gasteiger partial charge >= 0.3 is 0 Å². The van der Waals surface area contributed by atoms with Crippen LogP contribution in [0, 0.1) is 0 Å². The summed E-state index contributed by atoms with van der Waals surface area (Å²) in [5.41, 5.74) is 0. The number of para-hydroxylation sites is 1. The Morgan fingerprint density at radius 2 is 2.12 bits per heavy atom. The van der Waals surface area contributed by atoms with E-state index in [-0.39, 0.29) is 18.1 Å². The molecule has 1 saturated heterocycles. The first-order valence-electron chi connectivity index (χ1n) is 9.16. The maximum atomic E-state index is 11.8. The van der Waals surface area contributed by atoms with Crippen molar-refractivity contribution in [2.45, 2.75) is 45.8 Å². The Balaban J connectivity index is 1.84. The summed E-state index contributed by atoms with van der Waals surface area (Å²) >= 11 is 0. The summed E-state index contributed by atoms with van der Waals surface area (Å²) in [6.07, 6.45) is 1.50. The van der Waals surface area contributed by atoms with Crippen molar-refractivity contribution in [3.8, 4) is 5.75 Å². The third-order valence-corrected chi connectivity index (χ3v) is 4.12. The highest BCUT2D eigenvalue weighted by Crippen LogP contribution is 2.12. The van der Waals surface area contributed by atoms with Crippen molar-refractivity contribution >= 4 is 11.9 Å². The van der Waals surface area contributed by atoms with Crippen LogP contribution in [0.1, 0.15) is 33.6 Å². The normalized spacial score (nSPS) is 18.8. The minimum Gasteiger partial charge on any atom is -0.489 e. The standard InChI is InChI=1S/C19H30N4O2/c1-4-18(24)23-12-11-16(14-23)22-19(20-5-2)21-13-15(3)25-17-9-7-6-8-10-17/h6-10,15-16H,4-5,11-14H2,1-3H3,(H2,20,21,22). The molecule has 1 aromatic rings. The lowest BCUT2D eigenvalue weighted by Crippen LogP contribution is -2.45. The molecule has 1 aliphatic heterocycles. The van der Waals surface area contributed by atoms with Crippen LogP contribution in [0.4, 0.5) is 0 Å². The molecule has 1 amide bonds. The first kappa shape index (κ1) is 19.1. The lowest BCUT2D eigenvalue weighted by molar-refractivity contribution is -0.129. The van der Waals surface area contributed by atoms with Crippen LogP contribution < -0.4 is 15.4 Å². The van der Waals surface area contributed by atoms with Crippen molar-refractivity contribution in [3.63, 3.8) is 0 Å². The second-order valence-electron chi connectivity index (χ2n) is 6.28. The highest BCUT2D eigenvalue weighted by atomic mass is 16.5. The van der Waals surface area contributed by atoms with Crippen molar-refractivity contribution in [2.24, 2.45) is 4.99 Å². The molecule has 6 heteroatoms. The van der Waals surface area contributed by atoms with Crippen molar-refractivity contribution in [3.05, 3.63) is 30.3 Å². The zero-order chi connectivity index (χ0) is 18.1. The number of nitrogens with one attached hydrogen (secondary N) is 2. The molecule has 0 radical (unpaired) electrons. The van der Waals surface area contributed by atoms with Gasteiger partial charge in [0.15, 0.2) is 5.96 Å². The average Bonchev–Trinajstić information content (AvgIpc) is 3.08. The fraction of sp³-hybridized carbons (Fsp3) is 0.579. The predicted molar refractivity (Wildman–Crippen MR) is 101 cm³/mol. The molecule has 0 aromatic heterocycles. The number of hydrogen-bond acceptors (Lipinski definition) is 3. The second-order valence-corrected chi connectivity index (χ2v) is 6.28. The van der Waals surface area contributed by atoms with Crippen LogP contribution in [0.5, 0.6) is 5.75 Å². The number of hydrogen-bond donors (Lipinski definition) is 2. The summed E-state index contributed by atoms with van der Waals surface area (Å²) in [7, 11) is 0. The highest BCUT2D eigenvalue weighted by molar-refractivity contribution is 5.80. The van der Waals surface area contributed by atoms with Crippen LogP contribution in [0.15, 0.2) is 35.3 Å². The number of nitrogens with zero attached hydrogens (tertiary/aromatic N) is 2. The van der Waals surface area contributed by atoms with Gasteiger partial charge in [-0.25, -0.2) is 4.99 Å². The first-order chi connectivity index (χ1) is 12.1. The van der Waals surface area contributed by atoms with E-state index >= 15 is 0 Å². The SMILES string of the molecule is CCNC(=NCC(C)Oc1ccccc1)NC1CCN(C(=O)CC)C1. The van der Waals surface area contributed by atoms with Crippen molar-refractivity contribution in [1.29, 1.82) is 0 Å². The number of aliphatic imine (C=N–C) groups is 1. The Morgan fingerprint density at radius 1 is 1.36 bits per heavy atom. The Labute approximate surface area is 150 Å². The molecule has 1 heterocycles. The van der Waals surface area contributed by atoms with Gasteiger partial charge in [0.1, 0.15) is 11.9 Å². The van der Waals surface area contributed by atoms with Gasteiger partial charge in [-0.3, -0.25) is 4.79 Å². The molecule has 2 rings (SSSR count). The van der Waals surface area contributed by atoms with E-state index in [1.165, 1.54) is 0 Å². The maximum Gasteiger partial charge on any atom is 0.222 e. The molecule has 0 bridgehead atoms.